The van der Waals surface area contributed by atoms with Gasteiger partial charge in [0.2, 0.25) is 0 Å². The van der Waals surface area contributed by atoms with E-state index in [4.69, 9.17) is 16.4 Å². The number of benzene rings is 2. The van der Waals surface area contributed by atoms with Gasteiger partial charge in [0.05, 0.1) is 0 Å². The van der Waals surface area contributed by atoms with Crippen LogP contribution >= 0.6 is 15.9 Å². The summed E-state index contributed by atoms with van der Waals surface area (Å²) < 4.78 is 6.77. The summed E-state index contributed by atoms with van der Waals surface area (Å²) >= 11 is 3.38. The Labute approximate surface area is 137 Å². The zero-order chi connectivity index (χ0) is 16.1. The minimum atomic E-state index is -0.542. The summed E-state index contributed by atoms with van der Waals surface area (Å²) in [6.07, 6.45) is 0. The minimum absolute atomic E-state index is 0.366. The smallest absolute Gasteiger partial charge is 0.352 e. The highest BCUT2D eigenvalue weighted by atomic mass is 79.9. The maximum atomic E-state index is 11.8. The van der Waals surface area contributed by atoms with Crippen LogP contribution in [-0.4, -0.2) is 18.1 Å². The van der Waals surface area contributed by atoms with E-state index in [9.17, 15) is 4.79 Å². The molecule has 2 aromatic rings. The van der Waals surface area contributed by atoms with Crippen LogP contribution in [0.5, 0.6) is 5.75 Å². The van der Waals surface area contributed by atoms with Gasteiger partial charge in [-0.15, -0.1) is 0 Å². The van der Waals surface area contributed by atoms with Gasteiger partial charge in [0.15, 0.2) is 0 Å². The molecule has 0 saturated heterocycles. The standard InChI is InChI=1S/C15H17BrN4O2/c1-19(17)15(21)20(18)13-4-2-3-5-14(13)22-10-11-6-8-12(16)9-7-11/h2-9H,10,17-18H2,1H3. The number of amides is 2. The van der Waals surface area contributed by atoms with Crippen molar-refractivity contribution in [3.63, 3.8) is 0 Å². The average molecular weight is 365 g/mol. The van der Waals surface area contributed by atoms with E-state index in [0.29, 0.717) is 18.0 Å². The zero-order valence-electron chi connectivity index (χ0n) is 12.1. The Kier molecular flexibility index (Phi) is 5.37. The second-order valence-electron chi connectivity index (χ2n) is 4.65. The van der Waals surface area contributed by atoms with Gasteiger partial charge in [0, 0.05) is 11.5 Å². The largest absolute Gasteiger partial charge is 0.487 e. The van der Waals surface area contributed by atoms with Crippen molar-refractivity contribution in [3.8, 4) is 5.75 Å². The van der Waals surface area contributed by atoms with Crippen LogP contribution in [0.2, 0.25) is 0 Å². The molecule has 22 heavy (non-hydrogen) atoms. The maximum absolute atomic E-state index is 11.8. The normalized spacial score (nSPS) is 10.2. The molecule has 0 aliphatic carbocycles. The van der Waals surface area contributed by atoms with Crippen LogP contribution in [0.15, 0.2) is 53.0 Å². The Morgan fingerprint density at radius 2 is 1.77 bits per heavy atom. The van der Waals surface area contributed by atoms with Gasteiger partial charge in [0.25, 0.3) is 0 Å². The number of hydrogen-bond donors (Lipinski definition) is 2. The van der Waals surface area contributed by atoms with Gasteiger partial charge >= 0.3 is 6.03 Å². The molecular formula is C15H17BrN4O2. The van der Waals surface area contributed by atoms with Crippen molar-refractivity contribution in [2.45, 2.75) is 6.61 Å². The second-order valence-corrected chi connectivity index (χ2v) is 5.56. The Bertz CT molecular complexity index is 646. The first-order valence-corrected chi connectivity index (χ1v) is 7.32. The van der Waals surface area contributed by atoms with Gasteiger partial charge in [0.1, 0.15) is 18.0 Å². The van der Waals surface area contributed by atoms with Crippen molar-refractivity contribution in [1.82, 2.24) is 5.01 Å². The van der Waals surface area contributed by atoms with E-state index in [0.717, 1.165) is 20.1 Å². The van der Waals surface area contributed by atoms with Crippen molar-refractivity contribution in [2.24, 2.45) is 11.7 Å². The van der Waals surface area contributed by atoms with Gasteiger partial charge in [-0.1, -0.05) is 40.2 Å². The molecule has 0 spiro atoms. The number of para-hydroxylation sites is 2. The lowest BCUT2D eigenvalue weighted by Crippen LogP contribution is -2.48. The first kappa shape index (κ1) is 16.3. The van der Waals surface area contributed by atoms with Gasteiger partial charge in [-0.2, -0.15) is 0 Å². The molecule has 0 atom stereocenters. The predicted molar refractivity (Wildman–Crippen MR) is 88.9 cm³/mol. The molecule has 2 rings (SSSR count). The first-order chi connectivity index (χ1) is 10.5. The molecule has 0 aliphatic heterocycles. The van der Waals surface area contributed by atoms with Crippen LogP contribution in [0.4, 0.5) is 10.5 Å². The number of hydrogen-bond acceptors (Lipinski definition) is 4. The molecule has 0 fully saturated rings. The number of carbonyl (C=O) groups excluding carboxylic acids is 1. The molecule has 0 unspecified atom stereocenters. The summed E-state index contributed by atoms with van der Waals surface area (Å²) in [4.78, 5) is 11.8. The summed E-state index contributed by atoms with van der Waals surface area (Å²) in [6.45, 7) is 0.366. The summed E-state index contributed by atoms with van der Waals surface area (Å²) in [5, 5.41) is 1.86. The topological polar surface area (TPSA) is 84.8 Å². The lowest BCUT2D eigenvalue weighted by Gasteiger charge is -2.22. The third kappa shape index (κ3) is 3.97. The van der Waals surface area contributed by atoms with Crippen molar-refractivity contribution < 1.29 is 9.53 Å². The van der Waals surface area contributed by atoms with E-state index >= 15 is 0 Å². The summed E-state index contributed by atoms with van der Waals surface area (Å²) in [6, 6.07) is 14.3. The SMILES string of the molecule is CN(N)C(=O)N(N)c1ccccc1OCc1ccc(Br)cc1. The lowest BCUT2D eigenvalue weighted by molar-refractivity contribution is 0.216. The van der Waals surface area contributed by atoms with Crippen molar-refractivity contribution in [2.75, 3.05) is 12.1 Å². The van der Waals surface area contributed by atoms with Crippen LogP contribution in [0.25, 0.3) is 0 Å². The fourth-order valence-electron chi connectivity index (χ4n) is 1.79. The number of carbonyl (C=O) groups is 1. The van der Waals surface area contributed by atoms with E-state index in [1.807, 2.05) is 30.3 Å². The lowest BCUT2D eigenvalue weighted by atomic mass is 10.2. The number of rotatable bonds is 4. The average Bonchev–Trinajstić information content (AvgIpc) is 2.53. The Morgan fingerprint density at radius 3 is 2.41 bits per heavy atom. The maximum Gasteiger partial charge on any atom is 0.352 e. The van der Waals surface area contributed by atoms with E-state index in [1.54, 1.807) is 18.2 Å². The molecule has 2 amide bonds. The molecule has 6 nitrogen and oxygen atoms in total. The van der Waals surface area contributed by atoms with Crippen molar-refractivity contribution >= 4 is 27.6 Å². The van der Waals surface area contributed by atoms with E-state index in [1.165, 1.54) is 7.05 Å². The molecule has 0 saturated carbocycles. The molecule has 116 valence electrons. The van der Waals surface area contributed by atoms with Crippen LogP contribution < -0.4 is 21.4 Å². The quantitative estimate of drug-likeness (QED) is 0.496. The Morgan fingerprint density at radius 1 is 1.14 bits per heavy atom. The summed E-state index contributed by atoms with van der Waals surface area (Å²) in [7, 11) is 1.42. The van der Waals surface area contributed by atoms with Crippen LogP contribution in [0.3, 0.4) is 0 Å². The van der Waals surface area contributed by atoms with Crippen LogP contribution in [0, 0.1) is 0 Å². The number of nitrogens with two attached hydrogens (primary N) is 2. The van der Waals surface area contributed by atoms with Crippen LogP contribution in [-0.2, 0) is 6.61 Å². The molecule has 0 radical (unpaired) electrons. The van der Waals surface area contributed by atoms with Crippen molar-refractivity contribution in [1.29, 1.82) is 0 Å². The van der Waals surface area contributed by atoms with Gasteiger partial charge < -0.3 is 4.74 Å². The van der Waals surface area contributed by atoms with Crippen molar-refractivity contribution in [3.05, 3.63) is 58.6 Å². The number of ether oxygens (including phenoxy) is 1. The summed E-state index contributed by atoms with van der Waals surface area (Å²) in [5.74, 6) is 11.7. The van der Waals surface area contributed by atoms with E-state index < -0.39 is 6.03 Å². The molecular weight excluding hydrogens is 348 g/mol. The predicted octanol–water partition coefficient (Wildman–Crippen LogP) is 2.63. The third-order valence-electron chi connectivity index (χ3n) is 2.94. The Hall–Kier alpha value is -2.09. The molecule has 7 heteroatoms. The number of anilines is 1. The summed E-state index contributed by atoms with van der Waals surface area (Å²) in [5.41, 5.74) is 1.45. The fourth-order valence-corrected chi connectivity index (χ4v) is 2.06. The van der Waals surface area contributed by atoms with Gasteiger partial charge in [-0.25, -0.2) is 21.5 Å². The second kappa shape index (κ2) is 7.26. The first-order valence-electron chi connectivity index (χ1n) is 6.52. The molecule has 0 aliphatic rings. The zero-order valence-corrected chi connectivity index (χ0v) is 13.7. The van der Waals surface area contributed by atoms with E-state index in [-0.39, 0.29) is 0 Å². The monoisotopic (exact) mass is 364 g/mol. The molecule has 0 bridgehead atoms. The minimum Gasteiger partial charge on any atom is -0.487 e. The third-order valence-corrected chi connectivity index (χ3v) is 3.47. The van der Waals surface area contributed by atoms with Crippen LogP contribution in [0.1, 0.15) is 5.56 Å². The number of halogens is 1. The van der Waals surface area contributed by atoms with Gasteiger partial charge in [-0.3, -0.25) is 5.01 Å². The fraction of sp³-hybridized carbons (Fsp3) is 0.133. The molecule has 0 aromatic heterocycles. The number of nitrogens with zero attached hydrogens (tertiary/aromatic N) is 2. The van der Waals surface area contributed by atoms with E-state index in [2.05, 4.69) is 15.9 Å². The number of urea groups is 1. The number of hydrazine groups is 2. The Balaban J connectivity index is 2.14. The van der Waals surface area contributed by atoms with Gasteiger partial charge in [-0.05, 0) is 29.8 Å². The highest BCUT2D eigenvalue weighted by molar-refractivity contribution is 9.10. The molecule has 2 aromatic carbocycles. The highest BCUT2D eigenvalue weighted by Crippen LogP contribution is 2.27. The molecule has 4 N–H and O–H groups in total. The molecule has 0 heterocycles. The highest BCUT2D eigenvalue weighted by Gasteiger charge is 2.18.